The molecule has 0 spiro atoms. The highest BCUT2D eigenvalue weighted by Gasteiger charge is 2.10. The molecule has 0 radical (unpaired) electrons. The number of anilines is 2. The molecule has 0 saturated heterocycles. The zero-order valence-electron chi connectivity index (χ0n) is 12.9. The number of pyridine rings is 1. The molecule has 0 saturated carbocycles. The van der Waals surface area contributed by atoms with E-state index in [1.807, 2.05) is 53.2 Å². The van der Waals surface area contributed by atoms with E-state index in [0.29, 0.717) is 0 Å². The molecule has 0 aliphatic heterocycles. The molecule has 1 atom stereocenters. The van der Waals surface area contributed by atoms with Crippen molar-refractivity contribution in [3.8, 4) is 11.3 Å². The topological polar surface area (TPSA) is 81.1 Å². The lowest BCUT2D eigenvalue weighted by atomic mass is 10.2. The first-order valence-electron chi connectivity index (χ1n) is 7.38. The molecule has 0 unspecified atom stereocenters. The summed E-state index contributed by atoms with van der Waals surface area (Å²) in [6.45, 7) is 0. The van der Waals surface area contributed by atoms with Gasteiger partial charge in [-0.05, 0) is 47.6 Å². The predicted octanol–water partition coefficient (Wildman–Crippen LogP) is 3.21. The van der Waals surface area contributed by atoms with Gasteiger partial charge in [0.2, 0.25) is 0 Å². The highest BCUT2D eigenvalue weighted by Crippen LogP contribution is 2.27. The Morgan fingerprint density at radius 2 is 2.00 bits per heavy atom. The Morgan fingerprint density at radius 1 is 1.17 bits per heavy atom. The van der Waals surface area contributed by atoms with Crippen LogP contribution in [0.1, 0.15) is 0 Å². The van der Waals surface area contributed by atoms with E-state index in [1.54, 1.807) is 18.6 Å². The van der Waals surface area contributed by atoms with Gasteiger partial charge >= 0.3 is 0 Å². The monoisotopic (exact) mass is 337 g/mol. The third kappa shape index (κ3) is 2.64. The van der Waals surface area contributed by atoms with Crippen molar-refractivity contribution in [3.63, 3.8) is 0 Å². The fourth-order valence-electron chi connectivity index (χ4n) is 2.62. The molecule has 0 fully saturated rings. The lowest BCUT2D eigenvalue weighted by molar-refractivity contribution is 0.601. The van der Waals surface area contributed by atoms with Crippen molar-refractivity contribution in [1.82, 2.24) is 19.6 Å². The first-order chi connectivity index (χ1) is 11.7. The molecule has 6 nitrogen and oxygen atoms in total. The minimum absolute atomic E-state index is 0.807. The molecule has 0 aliphatic carbocycles. The SMILES string of the molecule is C[S@+]([O-])c1ccc(Nc2ccc(-c3cn[nH]c3)n3ccnc23)cc1. The first-order valence-corrected chi connectivity index (χ1v) is 8.94. The van der Waals surface area contributed by atoms with Crippen LogP contribution in [0.5, 0.6) is 0 Å². The third-order valence-corrected chi connectivity index (χ3v) is 4.74. The first kappa shape index (κ1) is 14.8. The third-order valence-electron chi connectivity index (χ3n) is 3.81. The summed E-state index contributed by atoms with van der Waals surface area (Å²) in [7, 11) is 0. The van der Waals surface area contributed by atoms with Crippen molar-refractivity contribution < 1.29 is 4.55 Å². The molecule has 24 heavy (non-hydrogen) atoms. The number of rotatable bonds is 4. The Hall–Kier alpha value is -2.77. The number of benzene rings is 1. The Kier molecular flexibility index (Phi) is 3.72. The Bertz CT molecular complexity index is 960. The maximum atomic E-state index is 11.5. The summed E-state index contributed by atoms with van der Waals surface area (Å²) >= 11 is -0.973. The second kappa shape index (κ2) is 6.03. The molecule has 0 bridgehead atoms. The smallest absolute Gasteiger partial charge is 0.161 e. The number of aromatic nitrogens is 4. The average molecular weight is 337 g/mol. The second-order valence-corrected chi connectivity index (χ2v) is 6.72. The van der Waals surface area contributed by atoms with Crippen LogP contribution in [-0.4, -0.2) is 30.4 Å². The highest BCUT2D eigenvalue weighted by molar-refractivity contribution is 7.90. The molecule has 4 rings (SSSR count). The van der Waals surface area contributed by atoms with Gasteiger partial charge in [-0.3, -0.25) is 9.50 Å². The Morgan fingerprint density at radius 3 is 2.71 bits per heavy atom. The normalized spacial score (nSPS) is 12.4. The summed E-state index contributed by atoms with van der Waals surface area (Å²) in [6.07, 6.45) is 9.00. The standard InChI is InChI=1S/C17H15N5OS/c1-24(23)14-4-2-13(3-5-14)21-15-6-7-16(12-10-19-20-11-12)22-9-8-18-17(15)22/h2-11,21H,1H3,(H,19,20)/t24-/m0/s1. The lowest BCUT2D eigenvalue weighted by Gasteiger charge is -2.11. The zero-order chi connectivity index (χ0) is 16.5. The molecule has 120 valence electrons. The van der Waals surface area contributed by atoms with Crippen LogP contribution in [0.2, 0.25) is 0 Å². The van der Waals surface area contributed by atoms with Crippen LogP contribution in [0.25, 0.3) is 16.9 Å². The van der Waals surface area contributed by atoms with E-state index in [1.165, 1.54) is 0 Å². The summed E-state index contributed by atoms with van der Waals surface area (Å²) in [6, 6.07) is 11.6. The number of H-pyrrole nitrogens is 1. The van der Waals surface area contributed by atoms with Crippen LogP contribution in [0, 0.1) is 0 Å². The van der Waals surface area contributed by atoms with E-state index in [2.05, 4.69) is 20.5 Å². The molecule has 0 aliphatic rings. The predicted molar refractivity (Wildman–Crippen MR) is 94.8 cm³/mol. The molecule has 4 aromatic rings. The van der Waals surface area contributed by atoms with Gasteiger partial charge in [-0.15, -0.1) is 0 Å². The molecule has 3 aromatic heterocycles. The fraction of sp³-hybridized carbons (Fsp3) is 0.0588. The van der Waals surface area contributed by atoms with Crippen LogP contribution < -0.4 is 5.32 Å². The minimum atomic E-state index is -0.973. The average Bonchev–Trinajstić information content (AvgIpc) is 3.27. The van der Waals surface area contributed by atoms with Crippen molar-refractivity contribution in [3.05, 3.63) is 61.2 Å². The van der Waals surface area contributed by atoms with Crippen LogP contribution >= 0.6 is 0 Å². The largest absolute Gasteiger partial charge is 0.612 e. The molecule has 7 heteroatoms. The molecular weight excluding hydrogens is 322 g/mol. The van der Waals surface area contributed by atoms with E-state index >= 15 is 0 Å². The Labute approximate surface area is 141 Å². The van der Waals surface area contributed by atoms with Gasteiger partial charge in [0.1, 0.15) is 6.26 Å². The van der Waals surface area contributed by atoms with Gasteiger partial charge in [0.15, 0.2) is 10.5 Å². The van der Waals surface area contributed by atoms with Crippen LogP contribution in [-0.2, 0) is 11.2 Å². The summed E-state index contributed by atoms with van der Waals surface area (Å²) in [4.78, 5) is 5.26. The number of nitrogens with one attached hydrogen (secondary N) is 2. The van der Waals surface area contributed by atoms with E-state index < -0.39 is 11.2 Å². The van der Waals surface area contributed by atoms with Gasteiger partial charge in [0.05, 0.1) is 17.6 Å². The van der Waals surface area contributed by atoms with Crippen LogP contribution in [0.4, 0.5) is 11.4 Å². The molecular formula is C17H15N5OS. The number of hydrogen-bond acceptors (Lipinski definition) is 4. The summed E-state index contributed by atoms with van der Waals surface area (Å²) < 4.78 is 13.5. The second-order valence-electron chi connectivity index (χ2n) is 5.34. The van der Waals surface area contributed by atoms with Gasteiger partial charge in [-0.2, -0.15) is 5.10 Å². The van der Waals surface area contributed by atoms with Crippen molar-refractivity contribution in [2.45, 2.75) is 4.90 Å². The molecule has 0 amide bonds. The molecule has 3 heterocycles. The van der Waals surface area contributed by atoms with Crippen LogP contribution in [0.3, 0.4) is 0 Å². The minimum Gasteiger partial charge on any atom is -0.612 e. The maximum Gasteiger partial charge on any atom is 0.161 e. The van der Waals surface area contributed by atoms with Crippen LogP contribution in [0.15, 0.2) is 66.1 Å². The summed E-state index contributed by atoms with van der Waals surface area (Å²) in [5.41, 5.74) is 4.66. The van der Waals surface area contributed by atoms with E-state index in [9.17, 15) is 4.55 Å². The van der Waals surface area contributed by atoms with E-state index in [-0.39, 0.29) is 0 Å². The fourth-order valence-corrected chi connectivity index (χ4v) is 3.14. The number of fused-ring (bicyclic) bond motifs is 1. The Balaban J connectivity index is 1.70. The maximum absolute atomic E-state index is 11.5. The van der Waals surface area contributed by atoms with E-state index in [0.717, 1.165) is 33.2 Å². The number of imidazole rings is 1. The van der Waals surface area contributed by atoms with Crippen molar-refractivity contribution >= 4 is 28.2 Å². The van der Waals surface area contributed by atoms with Gasteiger partial charge < -0.3 is 9.87 Å². The number of nitrogens with zero attached hydrogens (tertiary/aromatic N) is 3. The summed E-state index contributed by atoms with van der Waals surface area (Å²) in [5, 5.41) is 10.2. The molecule has 2 N–H and O–H groups in total. The van der Waals surface area contributed by atoms with Crippen molar-refractivity contribution in [2.75, 3.05) is 11.6 Å². The quantitative estimate of drug-likeness (QED) is 0.560. The number of hydrogen-bond donors (Lipinski definition) is 2. The van der Waals surface area contributed by atoms with Gasteiger partial charge in [0.25, 0.3) is 0 Å². The lowest BCUT2D eigenvalue weighted by Crippen LogP contribution is -1.99. The van der Waals surface area contributed by atoms with Crippen molar-refractivity contribution in [1.29, 1.82) is 0 Å². The molecule has 1 aromatic carbocycles. The highest BCUT2D eigenvalue weighted by atomic mass is 32.2. The number of aromatic amines is 1. The van der Waals surface area contributed by atoms with E-state index in [4.69, 9.17) is 0 Å². The summed E-state index contributed by atoms with van der Waals surface area (Å²) in [5.74, 6) is 0. The zero-order valence-corrected chi connectivity index (χ0v) is 13.7. The van der Waals surface area contributed by atoms with Gasteiger partial charge in [-0.25, -0.2) is 4.98 Å². The van der Waals surface area contributed by atoms with Gasteiger partial charge in [-0.1, -0.05) is 0 Å². The van der Waals surface area contributed by atoms with Gasteiger partial charge in [0, 0.05) is 29.8 Å². The van der Waals surface area contributed by atoms with Crippen molar-refractivity contribution in [2.24, 2.45) is 0 Å².